The molecule has 0 radical (unpaired) electrons. The van der Waals surface area contributed by atoms with Gasteiger partial charge in [0.15, 0.2) is 11.6 Å². The van der Waals surface area contributed by atoms with Crippen LogP contribution in [-0.2, 0) is 19.9 Å². The van der Waals surface area contributed by atoms with Gasteiger partial charge in [-0.1, -0.05) is 18.2 Å². The molecule has 4 amide bonds. The van der Waals surface area contributed by atoms with Crippen molar-refractivity contribution in [2.45, 2.75) is 55.8 Å². The van der Waals surface area contributed by atoms with Crippen LogP contribution in [0.25, 0.3) is 0 Å². The summed E-state index contributed by atoms with van der Waals surface area (Å²) < 4.78 is 51.6. The van der Waals surface area contributed by atoms with Crippen molar-refractivity contribution < 1.29 is 42.1 Å². The Morgan fingerprint density at radius 2 is 1.73 bits per heavy atom. The van der Waals surface area contributed by atoms with Gasteiger partial charge in [-0.2, -0.15) is 0 Å². The molecule has 10 nitrogen and oxygen atoms in total. The zero-order valence-corrected chi connectivity index (χ0v) is 25.7. The number of ether oxygens (including phenoxy) is 2. The number of esters is 1. The molecule has 1 saturated heterocycles. The topological polar surface area (TPSA) is 120 Å². The summed E-state index contributed by atoms with van der Waals surface area (Å²) in [6.45, 7) is 0.959. The number of methoxy groups -OCH3 is 2. The highest BCUT2D eigenvalue weighted by molar-refractivity contribution is 6.01. The number of nitrogens with one attached hydrogen (secondary N) is 2. The lowest BCUT2D eigenvalue weighted by Gasteiger charge is -2.40. The molecule has 0 aromatic heterocycles. The highest BCUT2D eigenvalue weighted by Gasteiger charge is 2.44. The van der Waals surface area contributed by atoms with Gasteiger partial charge >= 0.3 is 18.0 Å². The second-order valence-electron chi connectivity index (χ2n) is 11.4. The van der Waals surface area contributed by atoms with Crippen molar-refractivity contribution in [3.05, 3.63) is 82.3 Å². The molecule has 2 aromatic carbocycles. The summed E-state index contributed by atoms with van der Waals surface area (Å²) in [5.74, 6) is -3.58. The largest absolute Gasteiger partial charge is 0.466 e. The summed E-state index contributed by atoms with van der Waals surface area (Å²) in [5.41, 5.74) is -0.465. The SMILES string of the molecule is COCC1=C(C(=O)OC)[C@H](c2ccc(F)c(F)c2)N(C(=O)N[C@@H]2CCN(C3CCC(O)(c4ccc(F)cc4)CC3)C2)C(=O)N1.Cl. The van der Waals surface area contributed by atoms with Crippen molar-refractivity contribution in [2.24, 2.45) is 0 Å². The summed E-state index contributed by atoms with van der Waals surface area (Å²) in [7, 11) is 2.48. The minimum atomic E-state index is -1.42. The lowest BCUT2D eigenvalue weighted by molar-refractivity contribution is -0.137. The van der Waals surface area contributed by atoms with E-state index < -0.39 is 41.3 Å². The van der Waals surface area contributed by atoms with Gasteiger partial charge in [-0.3, -0.25) is 4.90 Å². The van der Waals surface area contributed by atoms with Gasteiger partial charge < -0.3 is 25.2 Å². The number of nitrogens with zero attached hydrogens (tertiary/aromatic N) is 2. The molecular formula is C31H36ClF3N4O6. The average molecular weight is 653 g/mol. The predicted molar refractivity (Wildman–Crippen MR) is 159 cm³/mol. The van der Waals surface area contributed by atoms with E-state index in [1.54, 1.807) is 12.1 Å². The van der Waals surface area contributed by atoms with E-state index in [1.165, 1.54) is 25.3 Å². The number of hydrogen-bond acceptors (Lipinski definition) is 7. The fourth-order valence-corrected chi connectivity index (χ4v) is 6.45. The number of hydrogen-bond donors (Lipinski definition) is 3. The van der Waals surface area contributed by atoms with Crippen LogP contribution in [0.15, 0.2) is 53.7 Å². The number of urea groups is 2. The monoisotopic (exact) mass is 652 g/mol. The van der Waals surface area contributed by atoms with E-state index in [-0.39, 0.29) is 53.7 Å². The molecule has 5 rings (SSSR count). The van der Waals surface area contributed by atoms with E-state index >= 15 is 0 Å². The Morgan fingerprint density at radius 1 is 1.04 bits per heavy atom. The second kappa shape index (κ2) is 14.2. The molecule has 2 aromatic rings. The molecule has 14 heteroatoms. The Kier molecular flexibility index (Phi) is 10.8. The number of rotatable bonds is 7. The smallest absolute Gasteiger partial charge is 0.338 e. The van der Waals surface area contributed by atoms with Crippen LogP contribution in [0.3, 0.4) is 0 Å². The molecule has 45 heavy (non-hydrogen) atoms. The maximum absolute atomic E-state index is 14.3. The number of carbonyl (C=O) groups is 3. The Labute approximate surface area is 264 Å². The fraction of sp³-hybridized carbons (Fsp3) is 0.452. The third-order valence-corrected chi connectivity index (χ3v) is 8.73. The first-order valence-electron chi connectivity index (χ1n) is 14.4. The van der Waals surface area contributed by atoms with E-state index in [0.717, 1.165) is 24.1 Å². The fourth-order valence-electron chi connectivity index (χ4n) is 6.45. The number of halogens is 4. The summed E-state index contributed by atoms with van der Waals surface area (Å²) in [6, 6.07) is 5.50. The highest BCUT2D eigenvalue weighted by atomic mass is 35.5. The molecule has 2 aliphatic heterocycles. The van der Waals surface area contributed by atoms with Crippen LogP contribution >= 0.6 is 12.4 Å². The molecule has 3 N–H and O–H groups in total. The van der Waals surface area contributed by atoms with Gasteiger partial charge in [0.2, 0.25) is 0 Å². The minimum absolute atomic E-state index is 0. The molecule has 3 aliphatic rings. The number of benzene rings is 2. The van der Waals surface area contributed by atoms with Gasteiger partial charge in [-0.25, -0.2) is 32.5 Å². The number of likely N-dealkylation sites (tertiary alicyclic amines) is 1. The van der Waals surface area contributed by atoms with Gasteiger partial charge in [0.05, 0.1) is 30.6 Å². The molecule has 244 valence electrons. The zero-order valence-electron chi connectivity index (χ0n) is 24.9. The molecular weight excluding hydrogens is 617 g/mol. The van der Waals surface area contributed by atoms with Crippen LogP contribution < -0.4 is 10.6 Å². The van der Waals surface area contributed by atoms with E-state index in [1.807, 2.05) is 0 Å². The second-order valence-corrected chi connectivity index (χ2v) is 11.4. The maximum atomic E-state index is 14.3. The summed E-state index contributed by atoms with van der Waals surface area (Å²) in [6.07, 6.45) is 3.01. The minimum Gasteiger partial charge on any atom is -0.466 e. The summed E-state index contributed by atoms with van der Waals surface area (Å²) in [5, 5.41) is 16.6. The first-order valence-corrected chi connectivity index (χ1v) is 14.4. The predicted octanol–water partition coefficient (Wildman–Crippen LogP) is 4.28. The van der Waals surface area contributed by atoms with E-state index in [0.29, 0.717) is 50.8 Å². The van der Waals surface area contributed by atoms with Crippen LogP contribution in [0.1, 0.15) is 49.3 Å². The van der Waals surface area contributed by atoms with Crippen molar-refractivity contribution >= 4 is 30.4 Å². The standard InChI is InChI=1S/C31H35F3N4O6.ClH/c1-43-17-25-26(28(39)44-2)27(18-3-8-23(33)24(34)15-18)38(30(41)36-25)29(40)35-21-11-14-37(16-21)22-9-12-31(42,13-10-22)19-4-6-20(32)7-5-19;/h3-8,15,21-22,27,42H,9-14,16-17H2,1-2H3,(H,35,40)(H,36,41);1H/t21-,22?,27+,31?;/m1./s1. The first kappa shape index (κ1) is 34.2. The molecule has 1 saturated carbocycles. The maximum Gasteiger partial charge on any atom is 0.338 e. The normalized spacial score (nSPS) is 25.4. The van der Waals surface area contributed by atoms with Gasteiger partial charge in [0.1, 0.15) is 11.9 Å². The molecule has 2 fully saturated rings. The van der Waals surface area contributed by atoms with Crippen molar-refractivity contribution in [2.75, 3.05) is 33.9 Å². The molecule has 0 spiro atoms. The molecule has 0 unspecified atom stereocenters. The van der Waals surface area contributed by atoms with Gasteiger partial charge in [0.25, 0.3) is 0 Å². The number of carbonyl (C=O) groups excluding carboxylic acids is 3. The van der Waals surface area contributed by atoms with E-state index in [9.17, 15) is 32.7 Å². The molecule has 0 bridgehead atoms. The van der Waals surface area contributed by atoms with Crippen LogP contribution in [0.2, 0.25) is 0 Å². The Morgan fingerprint density at radius 3 is 2.36 bits per heavy atom. The Balaban J connectivity index is 0.00000461. The van der Waals surface area contributed by atoms with Crippen molar-refractivity contribution in [3.63, 3.8) is 0 Å². The van der Waals surface area contributed by atoms with Gasteiger partial charge in [0, 0.05) is 32.3 Å². The average Bonchev–Trinajstić information content (AvgIpc) is 3.46. The van der Waals surface area contributed by atoms with E-state index in [4.69, 9.17) is 9.47 Å². The molecule has 2 heterocycles. The van der Waals surface area contributed by atoms with Crippen LogP contribution in [0.5, 0.6) is 0 Å². The third-order valence-electron chi connectivity index (χ3n) is 8.73. The summed E-state index contributed by atoms with van der Waals surface area (Å²) in [4.78, 5) is 42.9. The Bertz CT molecular complexity index is 1450. The van der Waals surface area contributed by atoms with Crippen LogP contribution in [-0.4, -0.2) is 78.9 Å². The van der Waals surface area contributed by atoms with Gasteiger partial charge in [-0.15, -0.1) is 12.4 Å². The Hall–Kier alpha value is -3.65. The first-order chi connectivity index (χ1) is 21.0. The van der Waals surface area contributed by atoms with Crippen molar-refractivity contribution in [3.8, 4) is 0 Å². The molecule has 1 aliphatic carbocycles. The zero-order chi connectivity index (χ0) is 31.6. The van der Waals surface area contributed by atoms with E-state index in [2.05, 4.69) is 15.5 Å². The number of aliphatic hydroxyl groups is 1. The summed E-state index contributed by atoms with van der Waals surface area (Å²) >= 11 is 0. The van der Waals surface area contributed by atoms with Gasteiger partial charge in [-0.05, 0) is 67.5 Å². The van der Waals surface area contributed by atoms with Crippen molar-refractivity contribution in [1.82, 2.24) is 20.4 Å². The quantitative estimate of drug-likeness (QED) is 0.382. The van der Waals surface area contributed by atoms with Crippen LogP contribution in [0, 0.1) is 17.5 Å². The number of imide groups is 1. The lowest BCUT2D eigenvalue weighted by atomic mass is 9.77. The number of amides is 4. The highest BCUT2D eigenvalue weighted by Crippen LogP contribution is 2.40. The van der Waals surface area contributed by atoms with Crippen LogP contribution in [0.4, 0.5) is 22.8 Å². The third kappa shape index (κ3) is 7.11. The lowest BCUT2D eigenvalue weighted by Crippen LogP contribution is -2.57. The molecule has 2 atom stereocenters. The van der Waals surface area contributed by atoms with Crippen molar-refractivity contribution in [1.29, 1.82) is 0 Å².